The first-order chi connectivity index (χ1) is 8.63. The second-order valence-electron chi connectivity index (χ2n) is 4.48. The number of benzene rings is 1. The third kappa shape index (κ3) is 3.85. The molecule has 1 aliphatic heterocycles. The third-order valence-corrected chi connectivity index (χ3v) is 4.13. The number of amides is 1. The zero-order valence-corrected chi connectivity index (χ0v) is 13.8. The standard InChI is InChI=1S/C13H16BrClN2O.ClH/c1-16-8-10-3-2-6-17(10)13(18)11-5-4-9(15)7-12(11)14;/h4-5,7,10,16H,2-3,6,8H2,1H3;1H. The van der Waals surface area contributed by atoms with E-state index in [0.29, 0.717) is 16.6 Å². The van der Waals surface area contributed by atoms with Crippen LogP contribution in [0, 0.1) is 0 Å². The first-order valence-electron chi connectivity index (χ1n) is 6.04. The molecule has 19 heavy (non-hydrogen) atoms. The maximum Gasteiger partial charge on any atom is 0.255 e. The second kappa shape index (κ2) is 7.48. The molecule has 1 aromatic rings. The highest BCUT2D eigenvalue weighted by atomic mass is 79.9. The summed E-state index contributed by atoms with van der Waals surface area (Å²) in [7, 11) is 1.92. The van der Waals surface area contributed by atoms with Crippen molar-refractivity contribution >= 4 is 45.8 Å². The van der Waals surface area contributed by atoms with Crippen molar-refractivity contribution in [2.75, 3.05) is 20.1 Å². The molecule has 1 heterocycles. The SMILES string of the molecule is CNCC1CCCN1C(=O)c1ccc(Cl)cc1Br.Cl. The number of nitrogens with zero attached hydrogens (tertiary/aromatic N) is 1. The van der Waals surface area contributed by atoms with Crippen LogP contribution in [-0.4, -0.2) is 37.0 Å². The van der Waals surface area contributed by atoms with Crippen LogP contribution in [0.3, 0.4) is 0 Å². The Balaban J connectivity index is 0.00000180. The Morgan fingerprint density at radius 2 is 2.32 bits per heavy atom. The van der Waals surface area contributed by atoms with E-state index in [0.717, 1.165) is 30.4 Å². The molecule has 1 fully saturated rings. The Hall–Kier alpha value is -0.290. The van der Waals surface area contributed by atoms with Crippen LogP contribution in [0.2, 0.25) is 5.02 Å². The molecule has 2 rings (SSSR count). The van der Waals surface area contributed by atoms with Gasteiger partial charge in [0.25, 0.3) is 5.91 Å². The van der Waals surface area contributed by atoms with Crippen molar-refractivity contribution in [1.82, 2.24) is 10.2 Å². The minimum Gasteiger partial charge on any atom is -0.334 e. The van der Waals surface area contributed by atoms with Crippen molar-refractivity contribution in [2.45, 2.75) is 18.9 Å². The van der Waals surface area contributed by atoms with Crippen LogP contribution in [-0.2, 0) is 0 Å². The molecule has 0 radical (unpaired) electrons. The van der Waals surface area contributed by atoms with Crippen LogP contribution in [0.15, 0.2) is 22.7 Å². The predicted molar refractivity (Wildman–Crippen MR) is 84.4 cm³/mol. The van der Waals surface area contributed by atoms with Crippen LogP contribution in [0.25, 0.3) is 0 Å². The molecule has 1 aromatic carbocycles. The normalized spacial score (nSPS) is 18.3. The summed E-state index contributed by atoms with van der Waals surface area (Å²) in [5.41, 5.74) is 0.683. The van der Waals surface area contributed by atoms with Gasteiger partial charge < -0.3 is 10.2 Å². The topological polar surface area (TPSA) is 32.3 Å². The van der Waals surface area contributed by atoms with E-state index in [4.69, 9.17) is 11.6 Å². The molecule has 0 spiro atoms. The van der Waals surface area contributed by atoms with Crippen LogP contribution >= 0.6 is 39.9 Å². The van der Waals surface area contributed by atoms with E-state index in [1.54, 1.807) is 18.2 Å². The summed E-state index contributed by atoms with van der Waals surface area (Å²) in [5.74, 6) is 0.0799. The van der Waals surface area contributed by atoms with E-state index in [-0.39, 0.29) is 18.3 Å². The molecule has 0 saturated carbocycles. The van der Waals surface area contributed by atoms with Crippen molar-refractivity contribution < 1.29 is 4.79 Å². The zero-order chi connectivity index (χ0) is 13.1. The lowest BCUT2D eigenvalue weighted by Crippen LogP contribution is -2.40. The molecule has 1 unspecified atom stereocenters. The average Bonchev–Trinajstić information content (AvgIpc) is 2.77. The highest BCUT2D eigenvalue weighted by molar-refractivity contribution is 9.10. The molecule has 1 aliphatic rings. The maximum atomic E-state index is 12.5. The van der Waals surface area contributed by atoms with E-state index in [9.17, 15) is 4.79 Å². The van der Waals surface area contributed by atoms with Crippen molar-refractivity contribution in [3.05, 3.63) is 33.3 Å². The zero-order valence-electron chi connectivity index (χ0n) is 10.7. The van der Waals surface area contributed by atoms with E-state index in [1.807, 2.05) is 11.9 Å². The number of carbonyl (C=O) groups is 1. The minimum atomic E-state index is 0. The van der Waals surface area contributed by atoms with Gasteiger partial charge in [0.05, 0.1) is 5.56 Å². The van der Waals surface area contributed by atoms with Crippen molar-refractivity contribution in [3.63, 3.8) is 0 Å². The van der Waals surface area contributed by atoms with Gasteiger partial charge in [0.1, 0.15) is 0 Å². The van der Waals surface area contributed by atoms with Crippen LogP contribution in [0.4, 0.5) is 0 Å². The van der Waals surface area contributed by atoms with E-state index >= 15 is 0 Å². The van der Waals surface area contributed by atoms with Gasteiger partial charge in [0.15, 0.2) is 0 Å². The van der Waals surface area contributed by atoms with E-state index < -0.39 is 0 Å². The second-order valence-corrected chi connectivity index (χ2v) is 5.77. The first kappa shape index (κ1) is 16.8. The fourth-order valence-corrected chi connectivity index (χ4v) is 3.22. The fourth-order valence-electron chi connectivity index (χ4n) is 2.37. The molecule has 0 aliphatic carbocycles. The highest BCUT2D eigenvalue weighted by Gasteiger charge is 2.29. The van der Waals surface area contributed by atoms with Gasteiger partial charge >= 0.3 is 0 Å². The Bertz CT molecular complexity index is 456. The van der Waals surface area contributed by atoms with Crippen LogP contribution in [0.1, 0.15) is 23.2 Å². The summed E-state index contributed by atoms with van der Waals surface area (Å²) < 4.78 is 0.759. The Labute approximate surface area is 133 Å². The molecule has 0 bridgehead atoms. The van der Waals surface area contributed by atoms with Gasteiger partial charge in [-0.15, -0.1) is 12.4 Å². The van der Waals surface area contributed by atoms with Crippen LogP contribution < -0.4 is 5.32 Å². The summed E-state index contributed by atoms with van der Waals surface area (Å²) >= 11 is 9.30. The number of hydrogen-bond donors (Lipinski definition) is 1. The summed E-state index contributed by atoms with van der Waals surface area (Å²) in [6.45, 7) is 1.68. The van der Waals surface area contributed by atoms with Gasteiger partial charge in [-0.3, -0.25) is 4.79 Å². The molecule has 1 saturated heterocycles. The predicted octanol–water partition coefficient (Wildman–Crippen LogP) is 3.35. The molecular weight excluding hydrogens is 351 g/mol. The molecule has 1 amide bonds. The number of halogens is 3. The highest BCUT2D eigenvalue weighted by Crippen LogP contribution is 2.26. The molecule has 0 aromatic heterocycles. The monoisotopic (exact) mass is 366 g/mol. The van der Waals surface area contributed by atoms with Gasteiger partial charge in [-0.05, 0) is 54.0 Å². The molecular formula is C13H17BrCl2N2O. The van der Waals surface area contributed by atoms with Crippen molar-refractivity contribution in [3.8, 4) is 0 Å². The fraction of sp³-hybridized carbons (Fsp3) is 0.462. The minimum absolute atomic E-state index is 0. The Morgan fingerprint density at radius 3 is 2.95 bits per heavy atom. The molecule has 1 N–H and O–H groups in total. The third-order valence-electron chi connectivity index (χ3n) is 3.24. The lowest BCUT2D eigenvalue weighted by molar-refractivity contribution is 0.0736. The quantitative estimate of drug-likeness (QED) is 0.888. The lowest BCUT2D eigenvalue weighted by atomic mass is 10.1. The molecule has 106 valence electrons. The summed E-state index contributed by atoms with van der Waals surface area (Å²) in [6, 6.07) is 5.59. The maximum absolute atomic E-state index is 12.5. The number of likely N-dealkylation sites (N-methyl/N-ethyl adjacent to an activating group) is 1. The number of rotatable bonds is 3. The molecule has 6 heteroatoms. The summed E-state index contributed by atoms with van der Waals surface area (Å²) in [5, 5.41) is 3.77. The Kier molecular flexibility index (Phi) is 6.60. The Morgan fingerprint density at radius 1 is 1.58 bits per heavy atom. The number of nitrogens with one attached hydrogen (secondary N) is 1. The van der Waals surface area contributed by atoms with E-state index in [1.165, 1.54) is 0 Å². The lowest BCUT2D eigenvalue weighted by Gasteiger charge is -2.25. The van der Waals surface area contributed by atoms with Crippen molar-refractivity contribution in [1.29, 1.82) is 0 Å². The van der Waals surface area contributed by atoms with Crippen molar-refractivity contribution in [2.24, 2.45) is 0 Å². The van der Waals surface area contributed by atoms with Gasteiger partial charge in [0, 0.05) is 28.6 Å². The van der Waals surface area contributed by atoms with Gasteiger partial charge in [-0.2, -0.15) is 0 Å². The largest absolute Gasteiger partial charge is 0.334 e. The van der Waals surface area contributed by atoms with Crippen LogP contribution in [0.5, 0.6) is 0 Å². The van der Waals surface area contributed by atoms with Gasteiger partial charge in [-0.1, -0.05) is 11.6 Å². The average molecular weight is 368 g/mol. The number of likely N-dealkylation sites (tertiary alicyclic amines) is 1. The van der Waals surface area contributed by atoms with E-state index in [2.05, 4.69) is 21.2 Å². The number of carbonyl (C=O) groups excluding carboxylic acids is 1. The summed E-state index contributed by atoms with van der Waals surface area (Å²) in [4.78, 5) is 14.4. The molecule has 1 atom stereocenters. The molecule has 3 nitrogen and oxygen atoms in total. The summed E-state index contributed by atoms with van der Waals surface area (Å²) in [6.07, 6.45) is 2.14. The van der Waals surface area contributed by atoms with Gasteiger partial charge in [0.2, 0.25) is 0 Å². The number of hydrogen-bond acceptors (Lipinski definition) is 2. The first-order valence-corrected chi connectivity index (χ1v) is 7.21. The van der Waals surface area contributed by atoms with Gasteiger partial charge in [-0.25, -0.2) is 0 Å². The smallest absolute Gasteiger partial charge is 0.255 e.